The maximum atomic E-state index is 13.6. The Balaban J connectivity index is 1.52. The van der Waals surface area contributed by atoms with Gasteiger partial charge in [-0.15, -0.1) is 0 Å². The van der Waals surface area contributed by atoms with Crippen LogP contribution in [0.4, 0.5) is 9.18 Å². The number of halogens is 1. The summed E-state index contributed by atoms with van der Waals surface area (Å²) in [6, 6.07) is 5.11. The van der Waals surface area contributed by atoms with Gasteiger partial charge in [-0.25, -0.2) is 9.18 Å². The van der Waals surface area contributed by atoms with Crippen molar-refractivity contribution >= 4 is 6.09 Å². The molecule has 1 amide bonds. The third kappa shape index (κ3) is 4.63. The zero-order valence-corrected chi connectivity index (χ0v) is 15.0. The van der Waals surface area contributed by atoms with Gasteiger partial charge in [0.05, 0.1) is 13.2 Å². The van der Waals surface area contributed by atoms with E-state index in [4.69, 9.17) is 9.47 Å². The third-order valence-corrected chi connectivity index (χ3v) is 4.74. The van der Waals surface area contributed by atoms with E-state index in [0.29, 0.717) is 38.3 Å². The number of rotatable bonds is 4. The molecular weight excluding hydrogens is 323 g/mol. The van der Waals surface area contributed by atoms with Gasteiger partial charge >= 0.3 is 6.09 Å². The average Bonchev–Trinajstić information content (AvgIpc) is 2.61. The predicted octanol–water partition coefficient (Wildman–Crippen LogP) is 3.50. The molecular formula is C19H27FN2O3. The Bertz CT molecular complexity index is 600. The SMILES string of the molecule is CC(C)COC(=O)N1CCC(NC2CCOc3ccc(F)cc32)CC1. The molecule has 0 bridgehead atoms. The number of piperidine rings is 1. The lowest BCUT2D eigenvalue weighted by Crippen LogP contribution is -2.46. The van der Waals surface area contributed by atoms with Crippen molar-refractivity contribution in [3.63, 3.8) is 0 Å². The first-order valence-corrected chi connectivity index (χ1v) is 9.13. The van der Waals surface area contributed by atoms with Crippen LogP contribution >= 0.6 is 0 Å². The van der Waals surface area contributed by atoms with Gasteiger partial charge in [0, 0.05) is 37.2 Å². The van der Waals surface area contributed by atoms with E-state index in [1.54, 1.807) is 17.0 Å². The van der Waals surface area contributed by atoms with Crippen LogP contribution in [-0.4, -0.2) is 43.3 Å². The van der Waals surface area contributed by atoms with Crippen molar-refractivity contribution in [2.75, 3.05) is 26.3 Å². The van der Waals surface area contributed by atoms with Gasteiger partial charge in [-0.2, -0.15) is 0 Å². The highest BCUT2D eigenvalue weighted by Gasteiger charge is 2.28. The monoisotopic (exact) mass is 350 g/mol. The van der Waals surface area contributed by atoms with Gasteiger partial charge < -0.3 is 19.7 Å². The van der Waals surface area contributed by atoms with E-state index in [1.807, 2.05) is 13.8 Å². The van der Waals surface area contributed by atoms with Crippen LogP contribution in [0, 0.1) is 11.7 Å². The van der Waals surface area contributed by atoms with Gasteiger partial charge in [-0.1, -0.05) is 13.8 Å². The maximum Gasteiger partial charge on any atom is 0.409 e. The Morgan fingerprint density at radius 3 is 2.84 bits per heavy atom. The zero-order chi connectivity index (χ0) is 17.8. The van der Waals surface area contributed by atoms with Crippen molar-refractivity contribution in [2.45, 2.75) is 45.2 Å². The number of likely N-dealkylation sites (tertiary alicyclic amines) is 1. The summed E-state index contributed by atoms with van der Waals surface area (Å²) >= 11 is 0. The smallest absolute Gasteiger partial charge is 0.409 e. The molecule has 6 heteroatoms. The van der Waals surface area contributed by atoms with Crippen molar-refractivity contribution in [1.29, 1.82) is 0 Å². The summed E-state index contributed by atoms with van der Waals surface area (Å²) in [4.78, 5) is 13.8. The van der Waals surface area contributed by atoms with Crippen molar-refractivity contribution < 1.29 is 18.7 Å². The maximum absolute atomic E-state index is 13.6. The van der Waals surface area contributed by atoms with Crippen molar-refractivity contribution in [1.82, 2.24) is 10.2 Å². The first-order chi connectivity index (χ1) is 12.0. The fourth-order valence-electron chi connectivity index (χ4n) is 3.38. The standard InChI is InChI=1S/C19H27FN2O3/c1-13(2)12-25-19(23)22-8-5-15(6-9-22)21-17-7-10-24-18-4-3-14(20)11-16(17)18/h3-4,11,13,15,17,21H,5-10,12H2,1-2H3. The second-order valence-electron chi connectivity index (χ2n) is 7.27. The highest BCUT2D eigenvalue weighted by Crippen LogP contribution is 2.33. The van der Waals surface area contributed by atoms with Crippen LogP contribution in [0.5, 0.6) is 5.75 Å². The highest BCUT2D eigenvalue weighted by molar-refractivity contribution is 5.67. The molecule has 0 aliphatic carbocycles. The number of nitrogens with one attached hydrogen (secondary N) is 1. The number of amides is 1. The quantitative estimate of drug-likeness (QED) is 0.903. The number of ether oxygens (including phenoxy) is 2. The molecule has 0 radical (unpaired) electrons. The number of hydrogen-bond acceptors (Lipinski definition) is 4. The molecule has 2 aliphatic heterocycles. The van der Waals surface area contributed by atoms with Gasteiger partial charge in [0.2, 0.25) is 0 Å². The van der Waals surface area contributed by atoms with Crippen LogP contribution in [0.25, 0.3) is 0 Å². The zero-order valence-electron chi connectivity index (χ0n) is 15.0. The normalized spacial score (nSPS) is 21.0. The molecule has 1 aromatic rings. The summed E-state index contributed by atoms with van der Waals surface area (Å²) in [6.45, 7) is 6.52. The van der Waals surface area contributed by atoms with Crippen LogP contribution < -0.4 is 10.1 Å². The second-order valence-corrected chi connectivity index (χ2v) is 7.27. The van der Waals surface area contributed by atoms with Gasteiger partial charge in [0.15, 0.2) is 0 Å². The van der Waals surface area contributed by atoms with Crippen molar-refractivity contribution in [3.05, 3.63) is 29.6 Å². The van der Waals surface area contributed by atoms with E-state index < -0.39 is 0 Å². The molecule has 0 saturated carbocycles. The lowest BCUT2D eigenvalue weighted by molar-refractivity contribution is 0.0805. The molecule has 1 fully saturated rings. The van der Waals surface area contributed by atoms with Gasteiger partial charge in [0.1, 0.15) is 11.6 Å². The average molecular weight is 350 g/mol. The molecule has 1 aromatic carbocycles. The molecule has 25 heavy (non-hydrogen) atoms. The van der Waals surface area contributed by atoms with E-state index in [0.717, 1.165) is 30.6 Å². The minimum Gasteiger partial charge on any atom is -0.493 e. The molecule has 1 atom stereocenters. The molecule has 138 valence electrons. The van der Waals surface area contributed by atoms with Crippen LogP contribution in [0.15, 0.2) is 18.2 Å². The molecule has 0 aromatic heterocycles. The van der Waals surface area contributed by atoms with E-state index in [-0.39, 0.29) is 18.0 Å². The fourth-order valence-corrected chi connectivity index (χ4v) is 3.38. The number of carbonyl (C=O) groups excluding carboxylic acids is 1. The summed E-state index contributed by atoms with van der Waals surface area (Å²) in [7, 11) is 0. The molecule has 2 heterocycles. The lowest BCUT2D eigenvalue weighted by atomic mass is 9.97. The first-order valence-electron chi connectivity index (χ1n) is 9.13. The molecule has 3 rings (SSSR count). The molecule has 2 aliphatic rings. The van der Waals surface area contributed by atoms with E-state index in [2.05, 4.69) is 5.32 Å². The first kappa shape index (κ1) is 18.0. The van der Waals surface area contributed by atoms with Crippen LogP contribution in [0.1, 0.15) is 44.7 Å². The minimum atomic E-state index is -0.237. The Morgan fingerprint density at radius 1 is 1.36 bits per heavy atom. The summed E-state index contributed by atoms with van der Waals surface area (Å²) < 4.78 is 24.5. The van der Waals surface area contributed by atoms with Crippen LogP contribution in [0.3, 0.4) is 0 Å². The van der Waals surface area contributed by atoms with E-state index in [9.17, 15) is 9.18 Å². The van der Waals surface area contributed by atoms with Crippen molar-refractivity contribution in [3.8, 4) is 5.75 Å². The number of hydrogen-bond donors (Lipinski definition) is 1. The molecule has 1 unspecified atom stereocenters. The fraction of sp³-hybridized carbons (Fsp3) is 0.632. The number of nitrogens with zero attached hydrogens (tertiary/aromatic N) is 1. The molecule has 5 nitrogen and oxygen atoms in total. The van der Waals surface area contributed by atoms with Crippen molar-refractivity contribution in [2.24, 2.45) is 5.92 Å². The molecule has 1 saturated heterocycles. The second kappa shape index (κ2) is 8.04. The number of benzene rings is 1. The number of fused-ring (bicyclic) bond motifs is 1. The van der Waals surface area contributed by atoms with E-state index in [1.165, 1.54) is 6.07 Å². The summed E-state index contributed by atoms with van der Waals surface area (Å²) in [5.74, 6) is 0.871. The Morgan fingerprint density at radius 2 is 2.12 bits per heavy atom. The largest absolute Gasteiger partial charge is 0.493 e. The predicted molar refractivity (Wildman–Crippen MR) is 93.2 cm³/mol. The Kier molecular flexibility index (Phi) is 5.78. The van der Waals surface area contributed by atoms with Gasteiger partial charge in [0.25, 0.3) is 0 Å². The molecule has 1 N–H and O–H groups in total. The number of carbonyl (C=O) groups is 1. The Labute approximate surface area is 148 Å². The van der Waals surface area contributed by atoms with Gasteiger partial charge in [-0.3, -0.25) is 0 Å². The molecule has 0 spiro atoms. The summed E-state index contributed by atoms with van der Waals surface area (Å²) in [6.07, 6.45) is 2.36. The lowest BCUT2D eigenvalue weighted by Gasteiger charge is -2.35. The van der Waals surface area contributed by atoms with Crippen LogP contribution in [-0.2, 0) is 4.74 Å². The highest BCUT2D eigenvalue weighted by atomic mass is 19.1. The third-order valence-electron chi connectivity index (χ3n) is 4.74. The Hall–Kier alpha value is -1.82. The van der Waals surface area contributed by atoms with Crippen LogP contribution in [0.2, 0.25) is 0 Å². The van der Waals surface area contributed by atoms with E-state index >= 15 is 0 Å². The minimum absolute atomic E-state index is 0.101. The summed E-state index contributed by atoms with van der Waals surface area (Å²) in [5, 5.41) is 3.63. The van der Waals surface area contributed by atoms with Gasteiger partial charge in [-0.05, 0) is 37.0 Å². The summed E-state index contributed by atoms with van der Waals surface area (Å²) in [5.41, 5.74) is 0.894. The topological polar surface area (TPSA) is 50.8 Å².